The normalized spacial score (nSPS) is 12.8. The molecule has 1 aromatic carbocycles. The lowest BCUT2D eigenvalue weighted by molar-refractivity contribution is 0.308. The van der Waals surface area contributed by atoms with E-state index in [1.165, 1.54) is 4.67 Å². The largest absolute Gasteiger partial charge is 0.338 e. The number of nitrogens with zero attached hydrogens (tertiary/aromatic N) is 1. The van der Waals surface area contributed by atoms with Crippen molar-refractivity contribution in [1.29, 1.82) is 0 Å². The van der Waals surface area contributed by atoms with Crippen LogP contribution in [0.2, 0.25) is 0 Å². The Morgan fingerprint density at radius 2 is 2.00 bits per heavy atom. The molecule has 0 heterocycles. The van der Waals surface area contributed by atoms with Gasteiger partial charge in [-0.15, -0.1) is 6.42 Å². The number of rotatable bonds is 5. The minimum atomic E-state index is -2.11. The van der Waals surface area contributed by atoms with Crippen molar-refractivity contribution in [3.8, 4) is 12.3 Å². The van der Waals surface area contributed by atoms with Crippen LogP contribution in [0.3, 0.4) is 0 Å². The average molecular weight is 237 g/mol. The van der Waals surface area contributed by atoms with E-state index in [1.807, 2.05) is 37.3 Å². The lowest BCUT2D eigenvalue weighted by Crippen LogP contribution is -2.30. The van der Waals surface area contributed by atoms with Crippen LogP contribution in [0.1, 0.15) is 12.5 Å². The Balaban J connectivity index is 2.63. The third-order valence-electron chi connectivity index (χ3n) is 2.37. The van der Waals surface area contributed by atoms with E-state index in [4.69, 9.17) is 6.42 Å². The van der Waals surface area contributed by atoms with Crippen LogP contribution in [0.25, 0.3) is 0 Å². The molecule has 0 saturated heterocycles. The summed E-state index contributed by atoms with van der Waals surface area (Å²) >= 11 is 0. The first-order chi connectivity index (χ1) is 7.65. The summed E-state index contributed by atoms with van der Waals surface area (Å²) in [5.41, 5.74) is 1.16. The zero-order chi connectivity index (χ0) is 12.0. The van der Waals surface area contributed by atoms with Gasteiger partial charge in [0.25, 0.3) is 8.53 Å². The minimum absolute atomic E-state index is 0.0135. The molecule has 0 aliphatic heterocycles. The maximum atomic E-state index is 9.24. The van der Waals surface area contributed by atoms with E-state index in [0.29, 0.717) is 0 Å². The molecule has 3 nitrogen and oxygen atoms in total. The van der Waals surface area contributed by atoms with E-state index in [1.54, 1.807) is 0 Å². The Labute approximate surface area is 97.7 Å². The van der Waals surface area contributed by atoms with Crippen molar-refractivity contribution >= 4 is 8.53 Å². The summed E-state index contributed by atoms with van der Waals surface area (Å²) in [6.07, 6.45) is 5.95. The smallest absolute Gasteiger partial charge is 0.254 e. The maximum Gasteiger partial charge on any atom is 0.254 e. The van der Waals surface area contributed by atoms with Gasteiger partial charge in [0.2, 0.25) is 0 Å². The topological polar surface area (TPSA) is 43.7 Å². The first-order valence-electron chi connectivity index (χ1n) is 5.07. The molecule has 0 spiro atoms. The van der Waals surface area contributed by atoms with E-state index in [2.05, 4.69) is 5.92 Å². The zero-order valence-electron chi connectivity index (χ0n) is 9.24. The summed E-state index contributed by atoms with van der Waals surface area (Å²) < 4.78 is 1.53. The van der Waals surface area contributed by atoms with Crippen LogP contribution in [0.4, 0.5) is 0 Å². The van der Waals surface area contributed by atoms with E-state index in [9.17, 15) is 9.79 Å². The summed E-state index contributed by atoms with van der Waals surface area (Å²) in [7, 11) is -2.11. The predicted molar refractivity (Wildman–Crippen MR) is 66.5 cm³/mol. The number of terminal acetylenes is 1. The highest BCUT2D eigenvalue weighted by molar-refractivity contribution is 7.42. The van der Waals surface area contributed by atoms with E-state index >= 15 is 0 Å². The van der Waals surface area contributed by atoms with Crippen molar-refractivity contribution in [3.63, 3.8) is 0 Å². The Kier molecular flexibility index (Phi) is 5.45. The molecule has 4 heteroatoms. The zero-order valence-corrected chi connectivity index (χ0v) is 10.1. The molecule has 0 aliphatic rings. The lowest BCUT2D eigenvalue weighted by atomic mass is 10.1. The molecule has 0 bridgehead atoms. The first-order valence-corrected chi connectivity index (χ1v) is 6.27. The Morgan fingerprint density at radius 1 is 1.38 bits per heavy atom. The summed E-state index contributed by atoms with van der Waals surface area (Å²) in [6.45, 7) is 2.19. The fraction of sp³-hybridized carbons (Fsp3) is 0.333. The first kappa shape index (κ1) is 13.2. The number of benzene rings is 1. The van der Waals surface area contributed by atoms with Crippen LogP contribution < -0.4 is 0 Å². The second kappa shape index (κ2) is 6.62. The fourth-order valence-electron chi connectivity index (χ4n) is 1.55. The second-order valence-corrected chi connectivity index (χ2v) is 4.66. The SMILES string of the molecule is C#CCN(C(C)Cc1ccccc1)P(O)O. The molecule has 0 radical (unpaired) electrons. The molecule has 1 rings (SSSR count). The quantitative estimate of drug-likeness (QED) is 0.606. The molecule has 0 saturated carbocycles. The molecule has 1 unspecified atom stereocenters. The number of hydrogen-bond donors (Lipinski definition) is 2. The van der Waals surface area contributed by atoms with Crippen LogP contribution in [0.5, 0.6) is 0 Å². The third kappa shape index (κ3) is 3.92. The van der Waals surface area contributed by atoms with Crippen LogP contribution in [-0.4, -0.2) is 27.0 Å². The van der Waals surface area contributed by atoms with Crippen molar-refractivity contribution in [2.75, 3.05) is 6.54 Å². The van der Waals surface area contributed by atoms with Gasteiger partial charge < -0.3 is 9.79 Å². The van der Waals surface area contributed by atoms with Gasteiger partial charge in [-0.3, -0.25) is 0 Å². The van der Waals surface area contributed by atoms with Crippen LogP contribution in [0, 0.1) is 12.3 Å². The van der Waals surface area contributed by atoms with Crippen molar-refractivity contribution < 1.29 is 9.79 Å². The van der Waals surface area contributed by atoms with Gasteiger partial charge in [-0.25, -0.2) is 4.67 Å². The highest BCUT2D eigenvalue weighted by Crippen LogP contribution is 2.32. The molecule has 1 aromatic rings. The van der Waals surface area contributed by atoms with Crippen molar-refractivity contribution in [1.82, 2.24) is 4.67 Å². The second-order valence-electron chi connectivity index (χ2n) is 3.61. The van der Waals surface area contributed by atoms with E-state index in [0.717, 1.165) is 12.0 Å². The van der Waals surface area contributed by atoms with Gasteiger partial charge >= 0.3 is 0 Å². The third-order valence-corrected chi connectivity index (χ3v) is 3.36. The van der Waals surface area contributed by atoms with Gasteiger partial charge in [0.15, 0.2) is 0 Å². The molecule has 0 aliphatic carbocycles. The summed E-state index contributed by atoms with van der Waals surface area (Å²) in [5.74, 6) is 2.44. The molecule has 1 atom stereocenters. The summed E-state index contributed by atoms with van der Waals surface area (Å²) in [5, 5.41) is 0. The summed E-state index contributed by atoms with van der Waals surface area (Å²) in [4.78, 5) is 18.5. The summed E-state index contributed by atoms with van der Waals surface area (Å²) in [6, 6.07) is 9.93. The van der Waals surface area contributed by atoms with Crippen LogP contribution in [0.15, 0.2) is 30.3 Å². The van der Waals surface area contributed by atoms with E-state index in [-0.39, 0.29) is 12.6 Å². The maximum absolute atomic E-state index is 9.24. The monoisotopic (exact) mass is 237 g/mol. The van der Waals surface area contributed by atoms with Gasteiger partial charge in [-0.1, -0.05) is 36.3 Å². The molecule has 0 amide bonds. The standard InChI is InChI=1S/C12H16NO2P/c1-3-9-13(16(14)15)11(2)10-12-7-5-4-6-8-12/h1,4-8,11,14-15H,9-10H2,2H3. The van der Waals surface area contributed by atoms with E-state index < -0.39 is 8.53 Å². The molecule has 86 valence electrons. The average Bonchev–Trinajstić information content (AvgIpc) is 2.26. The molecule has 2 N–H and O–H groups in total. The molecular formula is C12H16NO2P. The highest BCUT2D eigenvalue weighted by atomic mass is 31.2. The van der Waals surface area contributed by atoms with Crippen molar-refractivity contribution in [2.45, 2.75) is 19.4 Å². The highest BCUT2D eigenvalue weighted by Gasteiger charge is 2.20. The van der Waals surface area contributed by atoms with Crippen LogP contribution >= 0.6 is 8.53 Å². The molecular weight excluding hydrogens is 221 g/mol. The fourth-order valence-corrected chi connectivity index (χ4v) is 2.19. The van der Waals surface area contributed by atoms with Gasteiger partial charge in [-0.05, 0) is 18.9 Å². The molecule has 16 heavy (non-hydrogen) atoms. The van der Waals surface area contributed by atoms with Gasteiger partial charge in [0.1, 0.15) is 0 Å². The van der Waals surface area contributed by atoms with Gasteiger partial charge in [0.05, 0.1) is 6.54 Å². The Morgan fingerprint density at radius 3 is 2.50 bits per heavy atom. The molecule has 0 fully saturated rings. The lowest BCUT2D eigenvalue weighted by Gasteiger charge is -2.27. The van der Waals surface area contributed by atoms with Crippen LogP contribution in [-0.2, 0) is 6.42 Å². The molecule has 0 aromatic heterocycles. The minimum Gasteiger partial charge on any atom is -0.338 e. The van der Waals surface area contributed by atoms with Gasteiger partial charge in [-0.2, -0.15) is 0 Å². The van der Waals surface area contributed by atoms with Crippen molar-refractivity contribution in [2.24, 2.45) is 0 Å². The Hall–Kier alpha value is -0.910. The van der Waals surface area contributed by atoms with Gasteiger partial charge in [0, 0.05) is 6.04 Å². The van der Waals surface area contributed by atoms with Crippen molar-refractivity contribution in [3.05, 3.63) is 35.9 Å². The predicted octanol–water partition coefficient (Wildman–Crippen LogP) is 1.76. The number of hydrogen-bond acceptors (Lipinski definition) is 3. The Bertz CT molecular complexity index is 348.